The Kier molecular flexibility index (Phi) is 5.16. The van der Waals surface area contributed by atoms with Gasteiger partial charge in [0.15, 0.2) is 11.4 Å². The first-order valence-electron chi connectivity index (χ1n) is 7.85. The van der Waals surface area contributed by atoms with Gasteiger partial charge in [-0.3, -0.25) is 14.9 Å². The van der Waals surface area contributed by atoms with Gasteiger partial charge in [0.2, 0.25) is 0 Å². The van der Waals surface area contributed by atoms with Crippen LogP contribution in [-0.4, -0.2) is 33.4 Å². The van der Waals surface area contributed by atoms with Crippen molar-refractivity contribution in [2.75, 3.05) is 7.11 Å². The number of rotatable bonds is 7. The molecule has 0 fully saturated rings. The van der Waals surface area contributed by atoms with Crippen LogP contribution in [-0.2, 0) is 6.61 Å². The summed E-state index contributed by atoms with van der Waals surface area (Å²) in [6.07, 6.45) is 0. The van der Waals surface area contributed by atoms with Crippen LogP contribution >= 0.6 is 0 Å². The van der Waals surface area contributed by atoms with Crippen LogP contribution in [0.1, 0.15) is 16.1 Å². The highest BCUT2D eigenvalue weighted by Crippen LogP contribution is 2.31. The van der Waals surface area contributed by atoms with Crippen LogP contribution < -0.4 is 15.2 Å². The lowest BCUT2D eigenvalue weighted by atomic mass is 10.1. The Hall–Kier alpha value is -4.02. The highest BCUT2D eigenvalue weighted by molar-refractivity contribution is 5.96. The number of hydrogen-bond acceptors (Lipinski definition) is 7. The van der Waals surface area contributed by atoms with Crippen molar-refractivity contribution in [3.8, 4) is 22.8 Å². The summed E-state index contributed by atoms with van der Waals surface area (Å²) in [4.78, 5) is 21.9. The van der Waals surface area contributed by atoms with Gasteiger partial charge in [0.05, 0.1) is 12.0 Å². The maximum atomic E-state index is 13.5. The molecule has 3 rings (SSSR count). The van der Waals surface area contributed by atoms with Gasteiger partial charge in [0, 0.05) is 23.3 Å². The summed E-state index contributed by atoms with van der Waals surface area (Å²) >= 11 is 0. The van der Waals surface area contributed by atoms with Crippen LogP contribution in [0.5, 0.6) is 11.5 Å². The highest BCUT2D eigenvalue weighted by atomic mass is 19.1. The summed E-state index contributed by atoms with van der Waals surface area (Å²) in [7, 11) is 1.44. The number of halogens is 1. The number of aromatic amines is 1. The predicted molar refractivity (Wildman–Crippen MR) is 94.3 cm³/mol. The Balaban J connectivity index is 1.94. The number of carbonyl (C=O) groups is 1. The second-order valence-corrected chi connectivity index (χ2v) is 5.57. The normalized spacial score (nSPS) is 10.5. The molecule has 3 N–H and O–H groups in total. The number of hydrogen-bond donors (Lipinski definition) is 2. The highest BCUT2D eigenvalue weighted by Gasteiger charge is 2.19. The topological polar surface area (TPSA) is 146 Å². The van der Waals surface area contributed by atoms with E-state index in [2.05, 4.69) is 15.4 Å². The molecule has 11 heteroatoms. The molecule has 0 radical (unpaired) electrons. The first kappa shape index (κ1) is 18.8. The molecule has 28 heavy (non-hydrogen) atoms. The molecular formula is C17H14FN5O5. The lowest BCUT2D eigenvalue weighted by Crippen LogP contribution is -2.12. The van der Waals surface area contributed by atoms with Crippen molar-refractivity contribution in [2.24, 2.45) is 5.73 Å². The van der Waals surface area contributed by atoms with Gasteiger partial charge >= 0.3 is 5.69 Å². The Bertz CT molecular complexity index is 1050. The molecule has 0 bridgehead atoms. The van der Waals surface area contributed by atoms with Gasteiger partial charge in [-0.05, 0) is 24.3 Å². The lowest BCUT2D eigenvalue weighted by Gasteiger charge is -2.12. The van der Waals surface area contributed by atoms with E-state index in [0.717, 1.165) is 18.2 Å². The number of nitro groups is 1. The first-order valence-corrected chi connectivity index (χ1v) is 7.85. The van der Waals surface area contributed by atoms with E-state index in [1.807, 2.05) is 0 Å². The number of benzene rings is 2. The largest absolute Gasteiger partial charge is 0.496 e. The van der Waals surface area contributed by atoms with Crippen LogP contribution in [0.4, 0.5) is 10.1 Å². The minimum Gasteiger partial charge on any atom is -0.496 e. The summed E-state index contributed by atoms with van der Waals surface area (Å²) in [6.45, 7) is -0.162. The van der Waals surface area contributed by atoms with Crippen LogP contribution in [0.2, 0.25) is 0 Å². The van der Waals surface area contributed by atoms with E-state index >= 15 is 0 Å². The summed E-state index contributed by atoms with van der Waals surface area (Å²) in [5.74, 6) is -1.23. The molecule has 1 aromatic heterocycles. The molecule has 0 aliphatic rings. The van der Waals surface area contributed by atoms with E-state index in [9.17, 15) is 19.3 Å². The smallest absolute Gasteiger partial charge is 0.311 e. The third kappa shape index (κ3) is 3.72. The Morgan fingerprint density at radius 3 is 2.71 bits per heavy atom. The monoisotopic (exact) mass is 387 g/mol. The summed E-state index contributed by atoms with van der Waals surface area (Å²) < 4.78 is 24.2. The third-order valence-electron chi connectivity index (χ3n) is 3.84. The zero-order valence-corrected chi connectivity index (χ0v) is 14.5. The number of carbonyl (C=O) groups excluding carboxylic acids is 1. The summed E-state index contributed by atoms with van der Waals surface area (Å²) in [5, 5.41) is 21.0. The van der Waals surface area contributed by atoms with Gasteiger partial charge in [-0.25, -0.2) is 4.39 Å². The van der Waals surface area contributed by atoms with Crippen molar-refractivity contribution in [1.29, 1.82) is 0 Å². The zero-order valence-electron chi connectivity index (χ0n) is 14.5. The van der Waals surface area contributed by atoms with Crippen molar-refractivity contribution in [3.63, 3.8) is 0 Å². The Morgan fingerprint density at radius 1 is 1.25 bits per heavy atom. The predicted octanol–water partition coefficient (Wildman–Crippen LogP) is 2.21. The van der Waals surface area contributed by atoms with Gasteiger partial charge in [0.25, 0.3) is 5.91 Å². The maximum Gasteiger partial charge on any atom is 0.311 e. The van der Waals surface area contributed by atoms with Gasteiger partial charge in [-0.2, -0.15) is 15.4 Å². The van der Waals surface area contributed by atoms with E-state index in [0.29, 0.717) is 16.9 Å². The van der Waals surface area contributed by atoms with Crippen molar-refractivity contribution in [2.45, 2.75) is 6.61 Å². The van der Waals surface area contributed by atoms with Gasteiger partial charge in [-0.1, -0.05) is 0 Å². The fraction of sp³-hybridized carbons (Fsp3) is 0.118. The van der Waals surface area contributed by atoms with E-state index in [1.165, 1.54) is 7.11 Å². The molecule has 0 aliphatic heterocycles. The molecule has 10 nitrogen and oxygen atoms in total. The number of H-pyrrole nitrogens is 1. The number of aromatic nitrogens is 3. The fourth-order valence-electron chi connectivity index (χ4n) is 2.55. The number of nitro benzene ring substituents is 1. The molecule has 144 valence electrons. The molecule has 0 aliphatic carbocycles. The molecule has 0 atom stereocenters. The minimum atomic E-state index is -0.757. The quantitative estimate of drug-likeness (QED) is 0.467. The van der Waals surface area contributed by atoms with Gasteiger partial charge in [-0.15, -0.1) is 0 Å². The standard InChI is InChI=1S/C17H14FN5O5/c1-27-13-5-2-9(15-16(17(19)24)21-22-20-15)6-10(13)8-28-14-7-11(18)3-4-12(14)23(25)26/h2-7H,8H2,1H3,(H2,19,24)(H,20,21,22). The summed E-state index contributed by atoms with van der Waals surface area (Å²) in [5.41, 5.74) is 6.07. The minimum absolute atomic E-state index is 0.0437. The summed E-state index contributed by atoms with van der Waals surface area (Å²) in [6, 6.07) is 7.77. The van der Waals surface area contributed by atoms with E-state index < -0.39 is 16.6 Å². The molecule has 1 heterocycles. The number of nitrogens with two attached hydrogens (primary N) is 1. The van der Waals surface area contributed by atoms with E-state index in [4.69, 9.17) is 15.2 Å². The number of ether oxygens (including phenoxy) is 2. The SMILES string of the molecule is COc1ccc(-c2n[nH]nc2C(N)=O)cc1COc1cc(F)ccc1[N+](=O)[O-]. The number of amides is 1. The molecule has 0 saturated carbocycles. The van der Waals surface area contributed by atoms with E-state index in [-0.39, 0.29) is 29.4 Å². The molecule has 0 unspecified atom stereocenters. The average molecular weight is 387 g/mol. The molecule has 0 saturated heterocycles. The van der Waals surface area contributed by atoms with Crippen molar-refractivity contribution < 1.29 is 23.6 Å². The molecular weight excluding hydrogens is 373 g/mol. The van der Waals surface area contributed by atoms with Crippen molar-refractivity contribution in [1.82, 2.24) is 15.4 Å². The Labute approximate surface area is 157 Å². The number of nitrogens with one attached hydrogen (secondary N) is 1. The molecule has 1 amide bonds. The Morgan fingerprint density at radius 2 is 2.04 bits per heavy atom. The van der Waals surface area contributed by atoms with Crippen LogP contribution in [0, 0.1) is 15.9 Å². The first-order chi connectivity index (χ1) is 13.4. The maximum absolute atomic E-state index is 13.5. The van der Waals surface area contributed by atoms with Gasteiger partial charge < -0.3 is 15.2 Å². The van der Waals surface area contributed by atoms with Gasteiger partial charge in [0.1, 0.15) is 23.9 Å². The van der Waals surface area contributed by atoms with Crippen molar-refractivity contribution >= 4 is 11.6 Å². The van der Waals surface area contributed by atoms with Crippen LogP contribution in [0.25, 0.3) is 11.3 Å². The second-order valence-electron chi connectivity index (χ2n) is 5.57. The molecule has 0 spiro atoms. The fourth-order valence-corrected chi connectivity index (χ4v) is 2.55. The number of nitrogens with zero attached hydrogens (tertiary/aromatic N) is 3. The molecule has 3 aromatic rings. The number of primary amides is 1. The number of methoxy groups -OCH3 is 1. The zero-order chi connectivity index (χ0) is 20.3. The average Bonchev–Trinajstić information content (AvgIpc) is 3.16. The van der Waals surface area contributed by atoms with E-state index in [1.54, 1.807) is 18.2 Å². The van der Waals surface area contributed by atoms with Crippen LogP contribution in [0.15, 0.2) is 36.4 Å². The molecule has 2 aromatic carbocycles. The van der Waals surface area contributed by atoms with Crippen molar-refractivity contribution in [3.05, 3.63) is 63.6 Å². The third-order valence-corrected chi connectivity index (χ3v) is 3.84. The lowest BCUT2D eigenvalue weighted by molar-refractivity contribution is -0.386. The second kappa shape index (κ2) is 7.70. The van der Waals surface area contributed by atoms with Crippen LogP contribution in [0.3, 0.4) is 0 Å².